The molecule has 19 heavy (non-hydrogen) atoms. The molecule has 0 aliphatic rings. The quantitative estimate of drug-likeness (QED) is 0.757. The molecule has 4 nitrogen and oxygen atoms in total. The first kappa shape index (κ1) is 13.9. The van der Waals surface area contributed by atoms with Crippen molar-refractivity contribution in [3.8, 4) is 17.2 Å². The van der Waals surface area contributed by atoms with Gasteiger partial charge in [-0.1, -0.05) is 6.07 Å². The Balaban J connectivity index is 2.15. The molecule has 2 rings (SSSR count). The van der Waals surface area contributed by atoms with Gasteiger partial charge in [-0.15, -0.1) is 0 Å². The monoisotopic (exact) mass is 371 g/mol. The third kappa shape index (κ3) is 3.50. The van der Waals surface area contributed by atoms with E-state index in [-0.39, 0.29) is 0 Å². The standard InChI is InChI=1S/C14H14INO3/c1-17-13-6-7-16-12(14(13)18-2)9-19-11-5-3-4-10(15)8-11/h3-8H,9H2,1-2H3. The largest absolute Gasteiger partial charge is 0.493 e. The summed E-state index contributed by atoms with van der Waals surface area (Å²) < 4.78 is 17.4. The Hall–Kier alpha value is -1.50. The molecule has 0 bridgehead atoms. The number of benzene rings is 1. The molecule has 0 atom stereocenters. The second-order valence-electron chi connectivity index (χ2n) is 3.74. The summed E-state index contributed by atoms with van der Waals surface area (Å²) in [7, 11) is 3.19. The number of aromatic nitrogens is 1. The van der Waals surface area contributed by atoms with Crippen LogP contribution in [0.2, 0.25) is 0 Å². The maximum Gasteiger partial charge on any atom is 0.185 e. The minimum absolute atomic E-state index is 0.334. The SMILES string of the molecule is COc1ccnc(COc2cccc(I)c2)c1OC. The van der Waals surface area contributed by atoms with E-state index in [0.29, 0.717) is 23.8 Å². The van der Waals surface area contributed by atoms with Crippen molar-refractivity contribution >= 4 is 22.6 Å². The van der Waals surface area contributed by atoms with E-state index in [9.17, 15) is 0 Å². The lowest BCUT2D eigenvalue weighted by Crippen LogP contribution is -2.03. The molecule has 0 spiro atoms. The molecule has 0 aliphatic heterocycles. The summed E-state index contributed by atoms with van der Waals surface area (Å²) in [5.74, 6) is 2.06. The van der Waals surface area contributed by atoms with Gasteiger partial charge in [0.15, 0.2) is 11.5 Å². The number of rotatable bonds is 5. The van der Waals surface area contributed by atoms with Gasteiger partial charge in [0.2, 0.25) is 0 Å². The van der Waals surface area contributed by atoms with E-state index in [4.69, 9.17) is 14.2 Å². The molecule has 1 aromatic heterocycles. The molecule has 2 aromatic rings. The van der Waals surface area contributed by atoms with Crippen LogP contribution in [0.15, 0.2) is 36.5 Å². The van der Waals surface area contributed by atoms with E-state index in [1.54, 1.807) is 26.5 Å². The Morgan fingerprint density at radius 1 is 1.16 bits per heavy atom. The fourth-order valence-electron chi connectivity index (χ4n) is 1.66. The van der Waals surface area contributed by atoms with Crippen molar-refractivity contribution in [3.63, 3.8) is 0 Å². The first-order valence-corrected chi connectivity index (χ1v) is 6.76. The van der Waals surface area contributed by atoms with Crippen LogP contribution in [0.3, 0.4) is 0 Å². The van der Waals surface area contributed by atoms with Gasteiger partial charge in [-0.05, 0) is 40.8 Å². The lowest BCUT2D eigenvalue weighted by Gasteiger charge is -2.12. The summed E-state index contributed by atoms with van der Waals surface area (Å²) in [5.41, 5.74) is 0.709. The summed E-state index contributed by atoms with van der Waals surface area (Å²) in [5, 5.41) is 0. The van der Waals surface area contributed by atoms with Crippen molar-refractivity contribution in [2.24, 2.45) is 0 Å². The average Bonchev–Trinajstić information content (AvgIpc) is 2.44. The molecular weight excluding hydrogens is 357 g/mol. The van der Waals surface area contributed by atoms with Gasteiger partial charge in [-0.2, -0.15) is 0 Å². The third-order valence-electron chi connectivity index (χ3n) is 2.54. The molecule has 0 radical (unpaired) electrons. The van der Waals surface area contributed by atoms with Crippen molar-refractivity contribution in [2.75, 3.05) is 14.2 Å². The summed E-state index contributed by atoms with van der Waals surface area (Å²) in [6.07, 6.45) is 1.68. The zero-order chi connectivity index (χ0) is 13.7. The number of nitrogens with zero attached hydrogens (tertiary/aromatic N) is 1. The number of halogens is 1. The zero-order valence-corrected chi connectivity index (χ0v) is 12.9. The smallest absolute Gasteiger partial charge is 0.185 e. The first-order valence-electron chi connectivity index (χ1n) is 5.69. The highest BCUT2D eigenvalue weighted by atomic mass is 127. The summed E-state index contributed by atoms with van der Waals surface area (Å²) >= 11 is 2.24. The second-order valence-corrected chi connectivity index (χ2v) is 4.98. The lowest BCUT2D eigenvalue weighted by atomic mass is 10.3. The number of pyridine rings is 1. The van der Waals surface area contributed by atoms with Crippen LogP contribution in [0.25, 0.3) is 0 Å². The van der Waals surface area contributed by atoms with Gasteiger partial charge in [0.05, 0.1) is 14.2 Å². The van der Waals surface area contributed by atoms with Crippen molar-refractivity contribution < 1.29 is 14.2 Å². The van der Waals surface area contributed by atoms with E-state index in [1.165, 1.54) is 0 Å². The molecule has 0 amide bonds. The van der Waals surface area contributed by atoms with E-state index in [1.807, 2.05) is 24.3 Å². The highest BCUT2D eigenvalue weighted by Crippen LogP contribution is 2.29. The first-order chi connectivity index (χ1) is 9.24. The van der Waals surface area contributed by atoms with Crippen molar-refractivity contribution in [2.45, 2.75) is 6.61 Å². The molecule has 0 N–H and O–H groups in total. The average molecular weight is 371 g/mol. The summed E-state index contributed by atoms with van der Waals surface area (Å²) in [4.78, 5) is 4.26. The normalized spacial score (nSPS) is 10.1. The maximum atomic E-state index is 5.71. The van der Waals surface area contributed by atoms with Crippen molar-refractivity contribution in [3.05, 3.63) is 45.8 Å². The van der Waals surface area contributed by atoms with Crippen LogP contribution in [0.1, 0.15) is 5.69 Å². The van der Waals surface area contributed by atoms with E-state index < -0.39 is 0 Å². The minimum Gasteiger partial charge on any atom is -0.493 e. The molecule has 0 unspecified atom stereocenters. The second kappa shape index (κ2) is 6.60. The fraction of sp³-hybridized carbons (Fsp3) is 0.214. The third-order valence-corrected chi connectivity index (χ3v) is 3.21. The lowest BCUT2D eigenvalue weighted by molar-refractivity contribution is 0.284. The van der Waals surface area contributed by atoms with Gasteiger partial charge < -0.3 is 14.2 Å². The van der Waals surface area contributed by atoms with Crippen LogP contribution in [0, 0.1) is 3.57 Å². The van der Waals surface area contributed by atoms with Crippen LogP contribution in [0.4, 0.5) is 0 Å². The number of hydrogen-bond acceptors (Lipinski definition) is 4. The Labute approximate surface area is 125 Å². The highest BCUT2D eigenvalue weighted by Gasteiger charge is 2.11. The van der Waals surface area contributed by atoms with Gasteiger partial charge in [0.1, 0.15) is 18.1 Å². The minimum atomic E-state index is 0.334. The summed E-state index contributed by atoms with van der Waals surface area (Å²) in [6.45, 7) is 0.334. The van der Waals surface area contributed by atoms with E-state index >= 15 is 0 Å². The molecular formula is C14H14INO3. The topological polar surface area (TPSA) is 40.6 Å². The predicted octanol–water partition coefficient (Wildman–Crippen LogP) is 3.28. The zero-order valence-electron chi connectivity index (χ0n) is 10.7. The highest BCUT2D eigenvalue weighted by molar-refractivity contribution is 14.1. The van der Waals surface area contributed by atoms with Gasteiger partial charge >= 0.3 is 0 Å². The Kier molecular flexibility index (Phi) is 4.84. The molecule has 0 fully saturated rings. The van der Waals surface area contributed by atoms with E-state index in [2.05, 4.69) is 27.6 Å². The Morgan fingerprint density at radius 2 is 2.00 bits per heavy atom. The Morgan fingerprint density at radius 3 is 2.68 bits per heavy atom. The van der Waals surface area contributed by atoms with Crippen LogP contribution in [-0.2, 0) is 6.61 Å². The summed E-state index contributed by atoms with van der Waals surface area (Å²) in [6, 6.07) is 9.60. The number of ether oxygens (including phenoxy) is 3. The van der Waals surface area contributed by atoms with Gasteiger partial charge in [-0.3, -0.25) is 4.98 Å². The Bertz CT molecular complexity index is 560. The molecule has 1 heterocycles. The van der Waals surface area contributed by atoms with Crippen molar-refractivity contribution in [1.82, 2.24) is 4.98 Å². The molecule has 100 valence electrons. The number of methoxy groups -OCH3 is 2. The van der Waals surface area contributed by atoms with Crippen LogP contribution >= 0.6 is 22.6 Å². The van der Waals surface area contributed by atoms with Crippen LogP contribution < -0.4 is 14.2 Å². The van der Waals surface area contributed by atoms with Crippen molar-refractivity contribution in [1.29, 1.82) is 0 Å². The molecule has 5 heteroatoms. The molecule has 0 saturated heterocycles. The van der Waals surface area contributed by atoms with Crippen LogP contribution in [-0.4, -0.2) is 19.2 Å². The predicted molar refractivity (Wildman–Crippen MR) is 80.8 cm³/mol. The maximum absolute atomic E-state index is 5.71. The van der Waals surface area contributed by atoms with Crippen LogP contribution in [0.5, 0.6) is 17.2 Å². The number of hydrogen-bond donors (Lipinski definition) is 0. The molecule has 0 aliphatic carbocycles. The van der Waals surface area contributed by atoms with E-state index in [0.717, 1.165) is 9.32 Å². The van der Waals surface area contributed by atoms with Gasteiger partial charge in [-0.25, -0.2) is 0 Å². The molecule has 1 aromatic carbocycles. The van der Waals surface area contributed by atoms with Gasteiger partial charge in [0, 0.05) is 15.8 Å². The fourth-order valence-corrected chi connectivity index (χ4v) is 2.18. The molecule has 0 saturated carbocycles. The van der Waals surface area contributed by atoms with Gasteiger partial charge in [0.25, 0.3) is 0 Å².